The number of anilines is 1. The maximum atomic E-state index is 12.1. The predicted octanol–water partition coefficient (Wildman–Crippen LogP) is 1.88. The molecule has 0 bridgehead atoms. The van der Waals surface area contributed by atoms with Gasteiger partial charge < -0.3 is 5.11 Å². The van der Waals surface area contributed by atoms with Crippen molar-refractivity contribution in [3.8, 4) is 0 Å². The molecule has 0 saturated carbocycles. The van der Waals surface area contributed by atoms with Gasteiger partial charge in [-0.05, 0) is 37.5 Å². The summed E-state index contributed by atoms with van der Waals surface area (Å²) in [6.45, 7) is 2.84. The first-order chi connectivity index (χ1) is 8.99. The fourth-order valence-corrected chi connectivity index (χ4v) is 3.45. The lowest BCUT2D eigenvalue weighted by Gasteiger charge is -2.26. The van der Waals surface area contributed by atoms with Crippen LogP contribution in [0.5, 0.6) is 0 Å². The molecule has 106 valence electrons. The van der Waals surface area contributed by atoms with Gasteiger partial charge in [-0.15, -0.1) is 0 Å². The average Bonchev–Trinajstić information content (AvgIpc) is 2.40. The van der Waals surface area contributed by atoms with E-state index in [9.17, 15) is 13.5 Å². The second-order valence-corrected chi connectivity index (χ2v) is 6.54. The van der Waals surface area contributed by atoms with Crippen molar-refractivity contribution >= 4 is 15.9 Å². The zero-order chi connectivity index (χ0) is 13.9. The molecule has 0 amide bonds. The molecule has 1 aliphatic rings. The first kappa shape index (κ1) is 14.3. The van der Waals surface area contributed by atoms with Crippen LogP contribution >= 0.6 is 0 Å². The topological polar surface area (TPSA) is 69.6 Å². The number of hydrogen-bond acceptors (Lipinski definition) is 3. The predicted molar refractivity (Wildman–Crippen MR) is 75.0 cm³/mol. The fourth-order valence-electron chi connectivity index (χ4n) is 2.15. The van der Waals surface area contributed by atoms with Crippen LogP contribution in [-0.4, -0.2) is 30.9 Å². The third-order valence-electron chi connectivity index (χ3n) is 3.29. The Morgan fingerprint density at radius 1 is 1.16 bits per heavy atom. The molecule has 1 atom stereocenters. The van der Waals surface area contributed by atoms with Gasteiger partial charge in [-0.2, -0.15) is 12.7 Å². The number of benzene rings is 1. The Morgan fingerprint density at radius 3 is 2.26 bits per heavy atom. The van der Waals surface area contributed by atoms with E-state index in [2.05, 4.69) is 4.72 Å². The van der Waals surface area contributed by atoms with E-state index in [1.807, 2.05) is 0 Å². The molecule has 2 N–H and O–H groups in total. The molecule has 6 heteroatoms. The molecule has 0 aromatic heterocycles. The SMILES string of the molecule is CC(O)c1ccc(NS(=O)(=O)N2CCCCC2)cc1. The molecule has 1 unspecified atom stereocenters. The molecule has 1 aromatic carbocycles. The Kier molecular flexibility index (Phi) is 4.44. The van der Waals surface area contributed by atoms with Crippen LogP contribution < -0.4 is 4.72 Å². The Bertz CT molecular complexity index is 505. The van der Waals surface area contributed by atoms with Crippen molar-refractivity contribution < 1.29 is 13.5 Å². The van der Waals surface area contributed by atoms with Gasteiger partial charge in [0.2, 0.25) is 0 Å². The average molecular weight is 284 g/mol. The second kappa shape index (κ2) is 5.90. The molecule has 1 fully saturated rings. The Labute approximate surface area is 114 Å². The molecular formula is C13H20N2O3S. The van der Waals surface area contributed by atoms with E-state index >= 15 is 0 Å². The summed E-state index contributed by atoms with van der Waals surface area (Å²) >= 11 is 0. The van der Waals surface area contributed by atoms with Crippen molar-refractivity contribution in [1.29, 1.82) is 0 Å². The minimum atomic E-state index is -3.45. The molecule has 1 saturated heterocycles. The number of hydrogen-bond donors (Lipinski definition) is 2. The third kappa shape index (κ3) is 3.68. The summed E-state index contributed by atoms with van der Waals surface area (Å²) in [5.41, 5.74) is 1.29. The van der Waals surface area contributed by atoms with Gasteiger partial charge in [-0.25, -0.2) is 0 Å². The van der Waals surface area contributed by atoms with Gasteiger partial charge in [0.25, 0.3) is 0 Å². The molecular weight excluding hydrogens is 264 g/mol. The van der Waals surface area contributed by atoms with Crippen LogP contribution in [0.25, 0.3) is 0 Å². The maximum absolute atomic E-state index is 12.1. The van der Waals surface area contributed by atoms with Crippen LogP contribution in [0.4, 0.5) is 5.69 Å². The van der Waals surface area contributed by atoms with E-state index < -0.39 is 16.3 Å². The summed E-state index contributed by atoms with van der Waals surface area (Å²) < 4.78 is 28.3. The van der Waals surface area contributed by atoms with Crippen LogP contribution in [0.2, 0.25) is 0 Å². The van der Waals surface area contributed by atoms with Crippen molar-refractivity contribution in [2.75, 3.05) is 17.8 Å². The Balaban J connectivity index is 2.06. The number of rotatable bonds is 4. The lowest BCUT2D eigenvalue weighted by atomic mass is 10.1. The smallest absolute Gasteiger partial charge is 0.301 e. The minimum absolute atomic E-state index is 0.523. The Hall–Kier alpha value is -1.11. The van der Waals surface area contributed by atoms with E-state index in [1.165, 1.54) is 4.31 Å². The number of aliphatic hydroxyl groups excluding tert-OH is 1. The molecule has 0 radical (unpaired) electrons. The van der Waals surface area contributed by atoms with E-state index in [1.54, 1.807) is 31.2 Å². The number of piperidine rings is 1. The van der Waals surface area contributed by atoms with Crippen molar-refractivity contribution in [2.45, 2.75) is 32.3 Å². The van der Waals surface area contributed by atoms with Gasteiger partial charge in [0.15, 0.2) is 0 Å². The first-order valence-electron chi connectivity index (χ1n) is 6.55. The number of aliphatic hydroxyl groups is 1. The zero-order valence-corrected chi connectivity index (χ0v) is 11.9. The van der Waals surface area contributed by atoms with Crippen molar-refractivity contribution in [3.05, 3.63) is 29.8 Å². The van der Waals surface area contributed by atoms with Crippen molar-refractivity contribution in [1.82, 2.24) is 4.31 Å². The van der Waals surface area contributed by atoms with Gasteiger partial charge >= 0.3 is 10.2 Å². The summed E-state index contributed by atoms with van der Waals surface area (Å²) in [5, 5.41) is 9.40. The summed E-state index contributed by atoms with van der Waals surface area (Å²) in [6.07, 6.45) is 2.38. The van der Waals surface area contributed by atoms with Crippen LogP contribution in [0, 0.1) is 0 Å². The molecule has 0 aliphatic carbocycles. The highest BCUT2D eigenvalue weighted by atomic mass is 32.2. The van der Waals surface area contributed by atoms with Crippen molar-refractivity contribution in [2.24, 2.45) is 0 Å². The molecule has 2 rings (SSSR count). The second-order valence-electron chi connectivity index (χ2n) is 4.86. The first-order valence-corrected chi connectivity index (χ1v) is 7.99. The van der Waals surface area contributed by atoms with Gasteiger partial charge in [0.1, 0.15) is 0 Å². The lowest BCUT2D eigenvalue weighted by molar-refractivity contribution is 0.199. The van der Waals surface area contributed by atoms with Crippen LogP contribution in [0.3, 0.4) is 0 Å². The van der Waals surface area contributed by atoms with Gasteiger partial charge in [-0.1, -0.05) is 18.6 Å². The minimum Gasteiger partial charge on any atom is -0.389 e. The lowest BCUT2D eigenvalue weighted by Crippen LogP contribution is -2.39. The normalized spacial score (nSPS) is 19.1. The summed E-state index contributed by atoms with van der Waals surface area (Å²) in [7, 11) is -3.45. The highest BCUT2D eigenvalue weighted by Crippen LogP contribution is 2.19. The third-order valence-corrected chi connectivity index (χ3v) is 4.83. The fraction of sp³-hybridized carbons (Fsp3) is 0.538. The van der Waals surface area contributed by atoms with Gasteiger partial charge in [0, 0.05) is 18.8 Å². The van der Waals surface area contributed by atoms with Crippen LogP contribution in [-0.2, 0) is 10.2 Å². The van der Waals surface area contributed by atoms with E-state index in [-0.39, 0.29) is 0 Å². The Morgan fingerprint density at radius 2 is 1.74 bits per heavy atom. The molecule has 5 nitrogen and oxygen atoms in total. The standard InChI is InChI=1S/C13H20N2O3S/c1-11(16)12-5-7-13(8-6-12)14-19(17,18)15-9-3-2-4-10-15/h5-8,11,14,16H,2-4,9-10H2,1H3. The van der Waals surface area contributed by atoms with E-state index in [4.69, 9.17) is 0 Å². The van der Waals surface area contributed by atoms with Crippen LogP contribution in [0.15, 0.2) is 24.3 Å². The molecule has 1 heterocycles. The summed E-state index contributed by atoms with van der Waals surface area (Å²) in [4.78, 5) is 0. The van der Waals surface area contributed by atoms with Crippen LogP contribution in [0.1, 0.15) is 37.9 Å². The summed E-state index contributed by atoms with van der Waals surface area (Å²) in [5.74, 6) is 0. The quantitative estimate of drug-likeness (QED) is 0.887. The van der Waals surface area contributed by atoms with Gasteiger partial charge in [-0.3, -0.25) is 4.72 Å². The van der Waals surface area contributed by atoms with E-state index in [0.29, 0.717) is 18.8 Å². The highest BCUT2D eigenvalue weighted by Gasteiger charge is 2.23. The van der Waals surface area contributed by atoms with E-state index in [0.717, 1.165) is 24.8 Å². The molecule has 19 heavy (non-hydrogen) atoms. The highest BCUT2D eigenvalue weighted by molar-refractivity contribution is 7.90. The molecule has 0 spiro atoms. The van der Waals surface area contributed by atoms with Gasteiger partial charge in [0.05, 0.1) is 6.10 Å². The zero-order valence-electron chi connectivity index (χ0n) is 11.0. The molecule has 1 aliphatic heterocycles. The largest absolute Gasteiger partial charge is 0.389 e. The monoisotopic (exact) mass is 284 g/mol. The number of nitrogens with one attached hydrogen (secondary N) is 1. The number of nitrogens with zero attached hydrogens (tertiary/aromatic N) is 1. The summed E-state index contributed by atoms with van der Waals surface area (Å²) in [6, 6.07) is 6.78. The van der Waals surface area contributed by atoms with Crippen molar-refractivity contribution in [3.63, 3.8) is 0 Å². The molecule has 1 aromatic rings. The maximum Gasteiger partial charge on any atom is 0.301 e.